The fourth-order valence-electron chi connectivity index (χ4n) is 3.85. The number of aromatic nitrogens is 3. The zero-order valence-electron chi connectivity index (χ0n) is 19.6. The maximum Gasteiger partial charge on any atom is 0.234 e. The van der Waals surface area contributed by atoms with Crippen LogP contribution < -0.4 is 5.32 Å². The number of aryl methyl sites for hydroxylation is 1. The quantitative estimate of drug-likeness (QED) is 0.233. The maximum atomic E-state index is 13.0. The Morgan fingerprint density at radius 1 is 0.833 bits per heavy atom. The SMILES string of the molecule is Cc1ccc(-n2c(SCC(=O)Nc3ccccc3-c3ccccc3)nnc2-c2ccc(Cl)cc2)cc1. The fraction of sp³-hybridized carbons (Fsp3) is 0.0690. The van der Waals surface area contributed by atoms with Crippen LogP contribution in [-0.2, 0) is 4.79 Å². The summed E-state index contributed by atoms with van der Waals surface area (Å²) in [5.74, 6) is 0.760. The van der Waals surface area contributed by atoms with Gasteiger partial charge in [0.05, 0.1) is 5.75 Å². The van der Waals surface area contributed by atoms with E-state index in [1.165, 1.54) is 11.8 Å². The second kappa shape index (κ2) is 10.8. The van der Waals surface area contributed by atoms with Crippen molar-refractivity contribution < 1.29 is 4.79 Å². The van der Waals surface area contributed by atoms with Gasteiger partial charge in [0.25, 0.3) is 0 Å². The van der Waals surface area contributed by atoms with E-state index in [0.29, 0.717) is 16.0 Å². The van der Waals surface area contributed by atoms with Crippen LogP contribution in [-0.4, -0.2) is 26.4 Å². The van der Waals surface area contributed by atoms with Crippen molar-refractivity contribution in [2.75, 3.05) is 11.1 Å². The lowest BCUT2D eigenvalue weighted by molar-refractivity contribution is -0.113. The third-order valence-electron chi connectivity index (χ3n) is 5.65. The molecule has 0 aliphatic carbocycles. The number of hydrogen-bond donors (Lipinski definition) is 1. The van der Waals surface area contributed by atoms with Crippen LogP contribution in [0.5, 0.6) is 0 Å². The van der Waals surface area contributed by atoms with E-state index in [1.54, 1.807) is 0 Å². The van der Waals surface area contributed by atoms with E-state index in [4.69, 9.17) is 11.6 Å². The van der Waals surface area contributed by atoms with E-state index in [-0.39, 0.29) is 11.7 Å². The number of nitrogens with zero attached hydrogens (tertiary/aromatic N) is 3. The number of thioether (sulfide) groups is 1. The van der Waals surface area contributed by atoms with Gasteiger partial charge in [-0.1, -0.05) is 89.6 Å². The third kappa shape index (κ3) is 5.35. The number of carbonyl (C=O) groups excluding carboxylic acids is 1. The molecule has 0 fully saturated rings. The molecule has 0 unspecified atom stereocenters. The van der Waals surface area contributed by atoms with Gasteiger partial charge in [-0.25, -0.2) is 0 Å². The van der Waals surface area contributed by atoms with Crippen molar-refractivity contribution in [2.45, 2.75) is 12.1 Å². The lowest BCUT2D eigenvalue weighted by atomic mass is 10.0. The first-order valence-corrected chi connectivity index (χ1v) is 12.8. The van der Waals surface area contributed by atoms with Crippen LogP contribution in [0, 0.1) is 6.92 Å². The molecule has 5 aromatic rings. The minimum Gasteiger partial charge on any atom is -0.325 e. The molecule has 0 radical (unpaired) electrons. The Labute approximate surface area is 219 Å². The van der Waals surface area contributed by atoms with Crippen LogP contribution in [0.3, 0.4) is 0 Å². The molecule has 0 spiro atoms. The van der Waals surface area contributed by atoms with Gasteiger partial charge < -0.3 is 5.32 Å². The van der Waals surface area contributed by atoms with Crippen LogP contribution >= 0.6 is 23.4 Å². The summed E-state index contributed by atoms with van der Waals surface area (Å²) < 4.78 is 1.97. The average Bonchev–Trinajstić information content (AvgIpc) is 3.33. The highest BCUT2D eigenvalue weighted by Gasteiger charge is 2.18. The van der Waals surface area contributed by atoms with Gasteiger partial charge in [-0.3, -0.25) is 9.36 Å². The first-order valence-electron chi connectivity index (χ1n) is 11.4. The lowest BCUT2D eigenvalue weighted by Gasteiger charge is -2.12. The van der Waals surface area contributed by atoms with E-state index in [9.17, 15) is 4.79 Å². The first kappa shape index (κ1) is 23.9. The minimum absolute atomic E-state index is 0.116. The highest BCUT2D eigenvalue weighted by molar-refractivity contribution is 7.99. The van der Waals surface area contributed by atoms with Crippen molar-refractivity contribution in [3.63, 3.8) is 0 Å². The second-order valence-electron chi connectivity index (χ2n) is 8.23. The molecule has 0 aliphatic rings. The van der Waals surface area contributed by atoms with Crippen LogP contribution in [0.15, 0.2) is 108 Å². The molecular weight excluding hydrogens is 488 g/mol. The smallest absolute Gasteiger partial charge is 0.234 e. The Morgan fingerprint density at radius 3 is 2.28 bits per heavy atom. The van der Waals surface area contributed by atoms with Crippen LogP contribution in [0.2, 0.25) is 5.02 Å². The van der Waals surface area contributed by atoms with Gasteiger partial charge in [-0.05, 0) is 55.0 Å². The van der Waals surface area contributed by atoms with Gasteiger partial charge in [0.15, 0.2) is 11.0 Å². The molecule has 5 rings (SSSR count). The number of amides is 1. The van der Waals surface area contributed by atoms with Gasteiger partial charge >= 0.3 is 0 Å². The van der Waals surface area contributed by atoms with Crippen molar-refractivity contribution in [1.29, 1.82) is 0 Å². The molecule has 1 amide bonds. The largest absolute Gasteiger partial charge is 0.325 e. The monoisotopic (exact) mass is 510 g/mol. The molecule has 178 valence electrons. The number of hydrogen-bond acceptors (Lipinski definition) is 4. The van der Waals surface area contributed by atoms with E-state index < -0.39 is 0 Å². The molecule has 0 saturated heterocycles. The number of anilines is 1. The molecule has 7 heteroatoms. The van der Waals surface area contributed by atoms with Gasteiger partial charge in [0.2, 0.25) is 5.91 Å². The summed E-state index contributed by atoms with van der Waals surface area (Å²) in [6.45, 7) is 2.04. The number of nitrogens with one attached hydrogen (secondary N) is 1. The molecule has 1 aromatic heterocycles. The lowest BCUT2D eigenvalue weighted by Crippen LogP contribution is -2.15. The minimum atomic E-state index is -0.116. The molecule has 0 atom stereocenters. The summed E-state index contributed by atoms with van der Waals surface area (Å²) in [6.07, 6.45) is 0. The predicted molar refractivity (Wildman–Crippen MR) is 148 cm³/mol. The van der Waals surface area contributed by atoms with Crippen LogP contribution in [0.4, 0.5) is 5.69 Å². The standard InChI is InChI=1S/C29H23ClN4OS/c1-20-11-17-24(18-12-20)34-28(22-13-15-23(30)16-14-22)32-33-29(34)36-19-27(35)31-26-10-6-5-9-25(26)21-7-3-2-4-8-21/h2-18H,19H2,1H3,(H,31,35). The Bertz CT molecular complexity index is 1480. The van der Waals surface area contributed by atoms with Crippen molar-refractivity contribution in [1.82, 2.24) is 14.8 Å². The predicted octanol–water partition coefficient (Wildman–Crippen LogP) is 7.29. The molecular formula is C29H23ClN4OS. The highest BCUT2D eigenvalue weighted by Crippen LogP contribution is 2.30. The second-order valence-corrected chi connectivity index (χ2v) is 9.61. The number of halogens is 1. The van der Waals surface area contributed by atoms with Crippen molar-refractivity contribution in [2.24, 2.45) is 0 Å². The Balaban J connectivity index is 1.39. The molecule has 0 saturated carbocycles. The van der Waals surface area contributed by atoms with E-state index in [2.05, 4.69) is 15.5 Å². The normalized spacial score (nSPS) is 10.8. The van der Waals surface area contributed by atoms with Crippen LogP contribution in [0.25, 0.3) is 28.2 Å². The summed E-state index contributed by atoms with van der Waals surface area (Å²) in [5.41, 5.74) is 5.77. The molecule has 36 heavy (non-hydrogen) atoms. The fourth-order valence-corrected chi connectivity index (χ4v) is 4.73. The molecule has 5 nitrogen and oxygen atoms in total. The maximum absolute atomic E-state index is 13.0. The van der Waals surface area contributed by atoms with Gasteiger partial charge in [0, 0.05) is 27.5 Å². The Morgan fingerprint density at radius 2 is 1.53 bits per heavy atom. The topological polar surface area (TPSA) is 59.8 Å². The number of rotatable bonds is 7. The number of benzene rings is 4. The van der Waals surface area contributed by atoms with Crippen molar-refractivity contribution in [3.05, 3.63) is 114 Å². The molecule has 0 aliphatic heterocycles. The summed E-state index contributed by atoms with van der Waals surface area (Å²) >= 11 is 7.43. The number of carbonyl (C=O) groups is 1. The zero-order valence-corrected chi connectivity index (χ0v) is 21.1. The first-order chi connectivity index (χ1) is 17.6. The Hall–Kier alpha value is -3.87. The summed E-state index contributed by atoms with van der Waals surface area (Å²) in [5, 5.41) is 13.2. The van der Waals surface area contributed by atoms with Crippen LogP contribution in [0.1, 0.15) is 5.56 Å². The highest BCUT2D eigenvalue weighted by atomic mass is 35.5. The molecule has 4 aromatic carbocycles. The molecule has 1 heterocycles. The van der Waals surface area contributed by atoms with E-state index >= 15 is 0 Å². The summed E-state index contributed by atoms with van der Waals surface area (Å²) in [6, 6.07) is 33.4. The van der Waals surface area contributed by atoms with Crippen molar-refractivity contribution in [3.8, 4) is 28.2 Å². The zero-order chi connectivity index (χ0) is 24.9. The van der Waals surface area contributed by atoms with Gasteiger partial charge in [-0.2, -0.15) is 0 Å². The number of para-hydroxylation sites is 1. The third-order valence-corrected chi connectivity index (χ3v) is 6.83. The Kier molecular flexibility index (Phi) is 7.16. The summed E-state index contributed by atoms with van der Waals surface area (Å²) in [7, 11) is 0. The summed E-state index contributed by atoms with van der Waals surface area (Å²) in [4.78, 5) is 13.0. The molecule has 0 bridgehead atoms. The van der Waals surface area contributed by atoms with Gasteiger partial charge in [0.1, 0.15) is 0 Å². The van der Waals surface area contributed by atoms with E-state index in [1.807, 2.05) is 115 Å². The van der Waals surface area contributed by atoms with Crippen molar-refractivity contribution >= 4 is 35.0 Å². The average molecular weight is 511 g/mol. The van der Waals surface area contributed by atoms with E-state index in [0.717, 1.165) is 33.6 Å². The van der Waals surface area contributed by atoms with Gasteiger partial charge in [-0.15, -0.1) is 10.2 Å². The molecule has 1 N–H and O–H groups in total.